The van der Waals surface area contributed by atoms with Gasteiger partial charge in [-0.1, -0.05) is 11.6 Å². The van der Waals surface area contributed by atoms with Crippen molar-refractivity contribution in [2.45, 2.75) is 11.3 Å². The zero-order chi connectivity index (χ0) is 7.71. The summed E-state index contributed by atoms with van der Waals surface area (Å²) in [7, 11) is 0. The molecule has 1 nitrogen and oxygen atoms in total. The van der Waals surface area contributed by atoms with Crippen LogP contribution in [-0.2, 0) is 0 Å². The molecule has 0 fully saturated rings. The molecule has 0 aromatic carbocycles. The zero-order valence-electron chi connectivity index (χ0n) is 4.45. The third kappa shape index (κ3) is 2.90. The summed E-state index contributed by atoms with van der Waals surface area (Å²) in [5, 5.41) is 3.71. The Kier molecular flexibility index (Phi) is 4.63. The summed E-state index contributed by atoms with van der Waals surface area (Å²) in [6.07, 6.45) is -5.21. The van der Waals surface area contributed by atoms with Gasteiger partial charge in [-0.2, -0.15) is 13.2 Å². The van der Waals surface area contributed by atoms with Gasteiger partial charge >= 0.3 is 11.3 Å². The van der Waals surface area contributed by atoms with Crippen LogP contribution in [0, 0.1) is 0 Å². The highest BCUT2D eigenvalue weighted by atomic mass is 35.5. The zero-order valence-corrected chi connectivity index (χ0v) is 6.02. The summed E-state index contributed by atoms with van der Waals surface area (Å²) in [6, 6.07) is 0. The van der Waals surface area contributed by atoms with Crippen LogP contribution >= 0.6 is 24.0 Å². The molecule has 0 aliphatic carbocycles. The van der Waals surface area contributed by atoms with Gasteiger partial charge in [0.2, 0.25) is 0 Å². The lowest BCUT2D eigenvalue weighted by atomic mass is 10.4. The second-order valence-electron chi connectivity index (χ2n) is 1.36. The van der Waals surface area contributed by atoms with E-state index in [0.717, 1.165) is 0 Å². The number of aliphatic hydroxyl groups is 1. The maximum absolute atomic E-state index is 11.7. The number of halogens is 6. The number of hydrogen-bond donors (Lipinski definition) is 1. The Morgan fingerprint density at radius 3 is 1.50 bits per heavy atom. The Morgan fingerprint density at radius 1 is 1.20 bits per heavy atom. The first-order valence-corrected chi connectivity index (χ1v) is 2.24. The van der Waals surface area contributed by atoms with Crippen LogP contribution in [0.4, 0.5) is 17.6 Å². The van der Waals surface area contributed by atoms with Gasteiger partial charge in [-0.15, -0.1) is 12.4 Å². The van der Waals surface area contributed by atoms with E-state index in [1.807, 2.05) is 0 Å². The van der Waals surface area contributed by atoms with Crippen LogP contribution in [0.3, 0.4) is 0 Å². The summed E-state index contributed by atoms with van der Waals surface area (Å²) in [5.74, 6) is 0. The molecule has 0 aliphatic rings. The monoisotopic (exact) mass is 202 g/mol. The summed E-state index contributed by atoms with van der Waals surface area (Å²) in [4.78, 5) is 0. The second kappa shape index (κ2) is 3.59. The number of hydrogen-bond acceptors (Lipinski definition) is 1. The Bertz CT molecular complexity index is 101. The third-order valence-electron chi connectivity index (χ3n) is 0.613. The minimum absolute atomic E-state index is 0. The fraction of sp³-hybridized carbons (Fsp3) is 1.00. The second-order valence-corrected chi connectivity index (χ2v) is 1.96. The van der Waals surface area contributed by atoms with Gasteiger partial charge in [-0.05, 0) is 0 Å². The Hall–Kier alpha value is 0.260. The van der Waals surface area contributed by atoms with Crippen molar-refractivity contribution in [1.82, 2.24) is 0 Å². The van der Waals surface area contributed by atoms with Crippen LogP contribution in [0.5, 0.6) is 0 Å². The molecule has 0 saturated heterocycles. The molecule has 0 spiro atoms. The smallest absolute Gasteiger partial charge is 0.391 e. The predicted octanol–water partition coefficient (Wildman–Crippen LogP) is 1.87. The molecule has 0 amide bonds. The van der Waals surface area contributed by atoms with E-state index < -0.39 is 17.9 Å². The molecule has 0 aliphatic heterocycles. The molecular formula is C3H4Cl2F4O. The molecule has 0 heterocycles. The first-order chi connectivity index (χ1) is 3.81. The Labute approximate surface area is 65.4 Å². The fourth-order valence-corrected chi connectivity index (χ4v) is 0.0896. The molecule has 10 heavy (non-hydrogen) atoms. The highest BCUT2D eigenvalue weighted by Gasteiger charge is 2.54. The molecule has 0 aromatic rings. The van der Waals surface area contributed by atoms with Gasteiger partial charge in [-0.25, -0.2) is 4.39 Å². The highest BCUT2D eigenvalue weighted by Crippen LogP contribution is 2.36. The minimum Gasteiger partial charge on any atom is -0.391 e. The molecule has 0 radical (unpaired) electrons. The lowest BCUT2D eigenvalue weighted by Gasteiger charge is -2.17. The predicted molar refractivity (Wildman–Crippen MR) is 30.1 cm³/mol. The lowest BCUT2D eigenvalue weighted by molar-refractivity contribution is -0.207. The minimum atomic E-state index is -5.21. The standard InChI is InChI=1S/C3H3ClF4O.ClH/c4-2(5,1-9)3(6,7)8;/h9H,1H2;1H. The van der Waals surface area contributed by atoms with E-state index in [4.69, 9.17) is 5.11 Å². The summed E-state index contributed by atoms with van der Waals surface area (Å²) >= 11 is 4.16. The SMILES string of the molecule is Cl.OCC(F)(Cl)C(F)(F)F. The molecule has 0 aromatic heterocycles. The van der Waals surface area contributed by atoms with Crippen molar-refractivity contribution in [3.05, 3.63) is 0 Å². The van der Waals surface area contributed by atoms with Gasteiger partial charge < -0.3 is 5.11 Å². The van der Waals surface area contributed by atoms with Crippen LogP contribution in [0.15, 0.2) is 0 Å². The van der Waals surface area contributed by atoms with Crippen molar-refractivity contribution in [3.8, 4) is 0 Å². The first kappa shape index (κ1) is 12.9. The first-order valence-electron chi connectivity index (χ1n) is 1.86. The van der Waals surface area contributed by atoms with Gasteiger partial charge in [0.25, 0.3) is 0 Å². The van der Waals surface area contributed by atoms with Crippen LogP contribution in [-0.4, -0.2) is 23.0 Å². The van der Waals surface area contributed by atoms with E-state index in [1.54, 1.807) is 0 Å². The van der Waals surface area contributed by atoms with Crippen LogP contribution in [0.2, 0.25) is 0 Å². The van der Waals surface area contributed by atoms with Gasteiger partial charge in [0.15, 0.2) is 0 Å². The average molecular weight is 203 g/mol. The molecule has 64 valence electrons. The molecule has 0 bridgehead atoms. The molecular weight excluding hydrogens is 199 g/mol. The van der Waals surface area contributed by atoms with Crippen molar-refractivity contribution in [3.63, 3.8) is 0 Å². The van der Waals surface area contributed by atoms with Gasteiger partial charge in [-0.3, -0.25) is 0 Å². The molecule has 1 N–H and O–H groups in total. The quantitative estimate of drug-likeness (QED) is 0.509. The number of aliphatic hydroxyl groups excluding tert-OH is 1. The normalized spacial score (nSPS) is 17.4. The van der Waals surface area contributed by atoms with Crippen LogP contribution in [0.25, 0.3) is 0 Å². The maximum Gasteiger partial charge on any atom is 0.439 e. The van der Waals surface area contributed by atoms with Crippen molar-refractivity contribution in [2.75, 3.05) is 6.61 Å². The van der Waals surface area contributed by atoms with Gasteiger partial charge in [0.05, 0.1) is 0 Å². The highest BCUT2D eigenvalue weighted by molar-refractivity contribution is 6.23. The van der Waals surface area contributed by atoms with Crippen molar-refractivity contribution in [1.29, 1.82) is 0 Å². The van der Waals surface area contributed by atoms with Crippen molar-refractivity contribution >= 4 is 24.0 Å². The topological polar surface area (TPSA) is 20.2 Å². The summed E-state index contributed by atoms with van der Waals surface area (Å²) in [5.41, 5.74) is 0. The fourth-order valence-electron chi connectivity index (χ4n) is 0.0896. The van der Waals surface area contributed by atoms with E-state index in [9.17, 15) is 17.6 Å². The molecule has 0 rings (SSSR count). The van der Waals surface area contributed by atoms with Gasteiger partial charge in [0.1, 0.15) is 6.61 Å². The van der Waals surface area contributed by atoms with E-state index in [2.05, 4.69) is 11.6 Å². The van der Waals surface area contributed by atoms with Crippen LogP contribution in [0.1, 0.15) is 0 Å². The molecule has 7 heteroatoms. The summed E-state index contributed by atoms with van der Waals surface area (Å²) < 4.78 is 45.2. The molecule has 0 saturated carbocycles. The number of alkyl halides is 5. The maximum atomic E-state index is 11.7. The lowest BCUT2D eigenvalue weighted by Crippen LogP contribution is -2.38. The molecule has 1 unspecified atom stereocenters. The number of rotatable bonds is 1. The van der Waals surface area contributed by atoms with E-state index in [1.165, 1.54) is 0 Å². The van der Waals surface area contributed by atoms with Crippen LogP contribution < -0.4 is 0 Å². The Balaban J connectivity index is 0. The average Bonchev–Trinajstić information content (AvgIpc) is 1.64. The van der Waals surface area contributed by atoms with E-state index in [0.29, 0.717) is 0 Å². The third-order valence-corrected chi connectivity index (χ3v) is 0.947. The van der Waals surface area contributed by atoms with Crippen molar-refractivity contribution in [2.24, 2.45) is 0 Å². The Morgan fingerprint density at radius 2 is 1.50 bits per heavy atom. The van der Waals surface area contributed by atoms with E-state index >= 15 is 0 Å². The largest absolute Gasteiger partial charge is 0.439 e. The van der Waals surface area contributed by atoms with Crippen molar-refractivity contribution < 1.29 is 22.7 Å². The molecule has 1 atom stereocenters. The van der Waals surface area contributed by atoms with E-state index in [-0.39, 0.29) is 12.4 Å². The van der Waals surface area contributed by atoms with Gasteiger partial charge in [0, 0.05) is 0 Å². The summed E-state index contributed by atoms with van der Waals surface area (Å²) in [6.45, 7) is -1.77.